The van der Waals surface area contributed by atoms with E-state index in [2.05, 4.69) is 5.32 Å². The van der Waals surface area contributed by atoms with Crippen LogP contribution in [0.5, 0.6) is 0 Å². The summed E-state index contributed by atoms with van der Waals surface area (Å²) in [6.45, 7) is 2.44. The molecular weight excluding hydrogens is 299 g/mol. The molecule has 1 nitrogen and oxygen atoms in total. The molecule has 0 spiro atoms. The van der Waals surface area contributed by atoms with Crippen LogP contribution in [0.2, 0.25) is 5.02 Å². The van der Waals surface area contributed by atoms with E-state index in [-0.39, 0.29) is 16.1 Å². The molecule has 0 fully saturated rings. The summed E-state index contributed by atoms with van der Waals surface area (Å²) in [5, 5.41) is 3.19. The number of hydrogen-bond donors (Lipinski definition) is 1. The lowest BCUT2D eigenvalue weighted by Crippen LogP contribution is -2.25. The molecule has 112 valence electrons. The Balaban J connectivity index is 2.55. The Kier molecular flexibility index (Phi) is 5.26. The molecule has 5 heteroatoms. The Morgan fingerprint density at radius 2 is 1.71 bits per heavy atom. The Labute approximate surface area is 126 Å². The van der Waals surface area contributed by atoms with Crippen LogP contribution >= 0.6 is 11.6 Å². The van der Waals surface area contributed by atoms with Gasteiger partial charge in [0.15, 0.2) is 11.6 Å². The van der Waals surface area contributed by atoms with Gasteiger partial charge >= 0.3 is 0 Å². The summed E-state index contributed by atoms with van der Waals surface area (Å²) in [6, 6.07) is 7.25. The molecule has 0 saturated carbocycles. The predicted molar refractivity (Wildman–Crippen MR) is 77.9 cm³/mol. The van der Waals surface area contributed by atoms with E-state index in [0.29, 0.717) is 6.54 Å². The van der Waals surface area contributed by atoms with Gasteiger partial charge in [0.25, 0.3) is 0 Å². The van der Waals surface area contributed by atoms with E-state index in [4.69, 9.17) is 11.6 Å². The zero-order chi connectivity index (χ0) is 15.4. The molecular formula is C16H15ClF3N. The molecule has 0 amide bonds. The van der Waals surface area contributed by atoms with Crippen LogP contribution in [-0.4, -0.2) is 6.54 Å². The molecule has 0 radical (unpaired) electrons. The van der Waals surface area contributed by atoms with Gasteiger partial charge in [0.2, 0.25) is 0 Å². The van der Waals surface area contributed by atoms with Crippen LogP contribution in [0.3, 0.4) is 0 Å². The van der Waals surface area contributed by atoms with Crippen LogP contribution in [-0.2, 0) is 0 Å². The molecule has 0 bridgehead atoms. The largest absolute Gasteiger partial charge is 0.306 e. The van der Waals surface area contributed by atoms with Gasteiger partial charge in [-0.2, -0.15) is 0 Å². The van der Waals surface area contributed by atoms with Crippen molar-refractivity contribution in [2.75, 3.05) is 6.54 Å². The lowest BCUT2D eigenvalue weighted by atomic mass is 9.97. The second kappa shape index (κ2) is 6.96. The SMILES string of the molecule is CCCNC(c1cccc(F)c1F)c1c(F)cccc1Cl. The van der Waals surface area contributed by atoms with E-state index in [0.717, 1.165) is 12.5 Å². The first-order chi connectivity index (χ1) is 10.1. The van der Waals surface area contributed by atoms with Gasteiger partial charge in [-0.05, 0) is 31.2 Å². The van der Waals surface area contributed by atoms with E-state index < -0.39 is 23.5 Å². The summed E-state index contributed by atoms with van der Waals surface area (Å²) < 4.78 is 41.6. The van der Waals surface area contributed by atoms with Crippen LogP contribution < -0.4 is 5.32 Å². The van der Waals surface area contributed by atoms with E-state index >= 15 is 0 Å². The molecule has 0 aliphatic carbocycles. The molecule has 2 aromatic rings. The van der Waals surface area contributed by atoms with Crippen molar-refractivity contribution in [1.82, 2.24) is 5.32 Å². The van der Waals surface area contributed by atoms with E-state index in [1.165, 1.54) is 30.3 Å². The third-order valence-electron chi connectivity index (χ3n) is 3.18. The minimum Gasteiger partial charge on any atom is -0.306 e. The topological polar surface area (TPSA) is 12.0 Å². The van der Waals surface area contributed by atoms with Crippen LogP contribution in [0, 0.1) is 17.5 Å². The van der Waals surface area contributed by atoms with Crippen molar-refractivity contribution in [3.63, 3.8) is 0 Å². The van der Waals surface area contributed by atoms with Crippen molar-refractivity contribution < 1.29 is 13.2 Å². The van der Waals surface area contributed by atoms with Gasteiger partial charge in [-0.15, -0.1) is 0 Å². The molecule has 0 heterocycles. The highest BCUT2D eigenvalue weighted by Gasteiger charge is 2.24. The fourth-order valence-corrected chi connectivity index (χ4v) is 2.46. The summed E-state index contributed by atoms with van der Waals surface area (Å²) >= 11 is 6.05. The molecule has 1 unspecified atom stereocenters. The number of halogens is 4. The standard InChI is InChI=1S/C16H15ClF3N/c1-2-9-21-16(10-5-3-8-13(19)15(10)20)14-11(17)6-4-7-12(14)18/h3-8,16,21H,2,9H2,1H3. The summed E-state index contributed by atoms with van der Waals surface area (Å²) in [4.78, 5) is 0. The lowest BCUT2D eigenvalue weighted by Gasteiger charge is -2.22. The Morgan fingerprint density at radius 3 is 2.38 bits per heavy atom. The molecule has 21 heavy (non-hydrogen) atoms. The summed E-state index contributed by atoms with van der Waals surface area (Å²) in [5.41, 5.74) is 0.160. The number of rotatable bonds is 5. The van der Waals surface area contributed by atoms with Crippen molar-refractivity contribution in [3.05, 3.63) is 70.0 Å². The van der Waals surface area contributed by atoms with Gasteiger partial charge in [-0.3, -0.25) is 0 Å². The average Bonchev–Trinajstić information content (AvgIpc) is 2.45. The minimum absolute atomic E-state index is 0.0375. The van der Waals surface area contributed by atoms with Gasteiger partial charge in [-0.25, -0.2) is 13.2 Å². The van der Waals surface area contributed by atoms with Crippen molar-refractivity contribution in [2.45, 2.75) is 19.4 Å². The van der Waals surface area contributed by atoms with Gasteiger partial charge in [0, 0.05) is 16.1 Å². The van der Waals surface area contributed by atoms with Crippen LogP contribution in [0.15, 0.2) is 36.4 Å². The highest BCUT2D eigenvalue weighted by atomic mass is 35.5. The highest BCUT2D eigenvalue weighted by Crippen LogP contribution is 2.32. The first-order valence-corrected chi connectivity index (χ1v) is 7.05. The predicted octanol–water partition coefficient (Wildman–Crippen LogP) is 4.85. The molecule has 2 aromatic carbocycles. The highest BCUT2D eigenvalue weighted by molar-refractivity contribution is 6.31. The second-order valence-electron chi connectivity index (χ2n) is 4.67. The van der Waals surface area contributed by atoms with E-state index in [9.17, 15) is 13.2 Å². The van der Waals surface area contributed by atoms with Crippen LogP contribution in [0.25, 0.3) is 0 Å². The normalized spacial score (nSPS) is 12.4. The van der Waals surface area contributed by atoms with Gasteiger partial charge in [0.1, 0.15) is 5.82 Å². The van der Waals surface area contributed by atoms with E-state index in [1.807, 2.05) is 6.92 Å². The summed E-state index contributed by atoms with van der Waals surface area (Å²) in [7, 11) is 0. The third-order valence-corrected chi connectivity index (χ3v) is 3.51. The van der Waals surface area contributed by atoms with Crippen LogP contribution in [0.1, 0.15) is 30.5 Å². The van der Waals surface area contributed by atoms with E-state index in [1.54, 1.807) is 0 Å². The fourth-order valence-electron chi connectivity index (χ4n) is 2.19. The van der Waals surface area contributed by atoms with Crippen molar-refractivity contribution >= 4 is 11.6 Å². The van der Waals surface area contributed by atoms with Gasteiger partial charge in [0.05, 0.1) is 6.04 Å². The molecule has 1 atom stereocenters. The van der Waals surface area contributed by atoms with Crippen molar-refractivity contribution in [3.8, 4) is 0 Å². The Bertz CT molecular complexity index is 611. The Hall–Kier alpha value is -1.52. The minimum atomic E-state index is -0.995. The van der Waals surface area contributed by atoms with Crippen molar-refractivity contribution in [1.29, 1.82) is 0 Å². The lowest BCUT2D eigenvalue weighted by molar-refractivity contribution is 0.474. The number of nitrogens with one attached hydrogen (secondary N) is 1. The van der Waals surface area contributed by atoms with Crippen LogP contribution in [0.4, 0.5) is 13.2 Å². The van der Waals surface area contributed by atoms with Crippen molar-refractivity contribution in [2.24, 2.45) is 0 Å². The first-order valence-electron chi connectivity index (χ1n) is 6.67. The number of hydrogen-bond acceptors (Lipinski definition) is 1. The second-order valence-corrected chi connectivity index (χ2v) is 5.07. The third kappa shape index (κ3) is 3.39. The molecule has 2 rings (SSSR count). The smallest absolute Gasteiger partial charge is 0.163 e. The maximum Gasteiger partial charge on any atom is 0.163 e. The Morgan fingerprint density at radius 1 is 1.05 bits per heavy atom. The fraction of sp³-hybridized carbons (Fsp3) is 0.250. The average molecular weight is 314 g/mol. The number of benzene rings is 2. The zero-order valence-corrected chi connectivity index (χ0v) is 12.2. The monoisotopic (exact) mass is 313 g/mol. The maximum atomic E-state index is 14.1. The zero-order valence-electron chi connectivity index (χ0n) is 11.5. The summed E-state index contributed by atoms with van der Waals surface area (Å²) in [6.07, 6.45) is 0.763. The first kappa shape index (κ1) is 15.9. The molecule has 0 aliphatic heterocycles. The van der Waals surface area contributed by atoms with Gasteiger partial charge in [-0.1, -0.05) is 36.7 Å². The van der Waals surface area contributed by atoms with Gasteiger partial charge < -0.3 is 5.32 Å². The quantitative estimate of drug-likeness (QED) is 0.832. The summed E-state index contributed by atoms with van der Waals surface area (Å²) in [5.74, 6) is -2.52. The molecule has 1 N–H and O–H groups in total. The molecule has 0 aromatic heterocycles. The molecule has 0 saturated heterocycles. The molecule has 0 aliphatic rings. The maximum absolute atomic E-state index is 14.1.